The standard InChI is InChI=1S/C11H16N2O2/c1-3-4-5-6-7-8-10(13-9-14)11(15)12-2/h3-7,9-10H,1,8H2,2H3,(H,12,15)(H,13,14)/b5-4-,7-6-. The van der Waals surface area contributed by atoms with Crippen molar-refractivity contribution in [3.63, 3.8) is 0 Å². The normalized spacial score (nSPS) is 12.6. The van der Waals surface area contributed by atoms with Crippen molar-refractivity contribution in [2.45, 2.75) is 12.5 Å². The van der Waals surface area contributed by atoms with Gasteiger partial charge in [-0.25, -0.2) is 0 Å². The van der Waals surface area contributed by atoms with E-state index in [-0.39, 0.29) is 5.91 Å². The van der Waals surface area contributed by atoms with Crippen LogP contribution in [0, 0.1) is 0 Å². The summed E-state index contributed by atoms with van der Waals surface area (Å²) in [4.78, 5) is 21.4. The Bertz CT molecular complexity index is 270. The van der Waals surface area contributed by atoms with Crippen LogP contribution in [-0.4, -0.2) is 25.4 Å². The van der Waals surface area contributed by atoms with Crippen LogP contribution in [0.1, 0.15) is 6.42 Å². The number of nitrogens with one attached hydrogen (secondary N) is 2. The molecule has 0 aliphatic rings. The third-order valence-electron chi connectivity index (χ3n) is 1.70. The molecule has 0 radical (unpaired) electrons. The van der Waals surface area contributed by atoms with Crippen molar-refractivity contribution in [3.05, 3.63) is 37.0 Å². The first kappa shape index (κ1) is 13.2. The highest BCUT2D eigenvalue weighted by Crippen LogP contribution is 1.93. The minimum atomic E-state index is -0.513. The maximum atomic E-state index is 11.2. The summed E-state index contributed by atoms with van der Waals surface area (Å²) in [6.07, 6.45) is 9.81. The quantitative estimate of drug-likeness (QED) is 0.474. The predicted octanol–water partition coefficient (Wildman–Crippen LogP) is 0.535. The van der Waals surface area contributed by atoms with E-state index in [1.165, 1.54) is 7.05 Å². The lowest BCUT2D eigenvalue weighted by molar-refractivity contribution is -0.124. The van der Waals surface area contributed by atoms with Crippen LogP contribution in [0.2, 0.25) is 0 Å². The second kappa shape index (κ2) is 8.74. The SMILES string of the molecule is C=C/C=C\C=C/CC(NC=O)C(=O)NC. The molecule has 0 aliphatic carbocycles. The topological polar surface area (TPSA) is 58.2 Å². The Kier molecular flexibility index (Phi) is 7.67. The van der Waals surface area contributed by atoms with Gasteiger partial charge in [-0.3, -0.25) is 9.59 Å². The molecule has 0 fully saturated rings. The van der Waals surface area contributed by atoms with Crippen LogP contribution < -0.4 is 10.6 Å². The monoisotopic (exact) mass is 208 g/mol. The molecule has 4 heteroatoms. The highest BCUT2D eigenvalue weighted by atomic mass is 16.2. The summed E-state index contributed by atoms with van der Waals surface area (Å²) >= 11 is 0. The smallest absolute Gasteiger partial charge is 0.242 e. The zero-order valence-corrected chi connectivity index (χ0v) is 8.77. The maximum Gasteiger partial charge on any atom is 0.242 e. The van der Waals surface area contributed by atoms with Gasteiger partial charge in [0, 0.05) is 7.05 Å². The van der Waals surface area contributed by atoms with Gasteiger partial charge in [-0.1, -0.05) is 37.0 Å². The molecule has 0 aromatic rings. The molecule has 0 rings (SSSR count). The van der Waals surface area contributed by atoms with Crippen molar-refractivity contribution < 1.29 is 9.59 Å². The van der Waals surface area contributed by atoms with Crippen LogP contribution in [0.3, 0.4) is 0 Å². The van der Waals surface area contributed by atoms with E-state index in [9.17, 15) is 9.59 Å². The van der Waals surface area contributed by atoms with Crippen LogP contribution in [0.5, 0.6) is 0 Å². The highest BCUT2D eigenvalue weighted by Gasteiger charge is 2.13. The molecule has 4 nitrogen and oxygen atoms in total. The average Bonchev–Trinajstić information content (AvgIpc) is 2.26. The number of carbonyl (C=O) groups excluding carboxylic acids is 2. The Morgan fingerprint density at radius 2 is 2.13 bits per heavy atom. The molecule has 0 aromatic heterocycles. The van der Waals surface area contributed by atoms with E-state index in [0.29, 0.717) is 12.8 Å². The molecule has 2 N–H and O–H groups in total. The van der Waals surface area contributed by atoms with E-state index in [1.807, 2.05) is 0 Å². The molecule has 82 valence electrons. The number of carbonyl (C=O) groups is 2. The maximum absolute atomic E-state index is 11.2. The van der Waals surface area contributed by atoms with Gasteiger partial charge < -0.3 is 10.6 Å². The minimum absolute atomic E-state index is 0.209. The fraction of sp³-hybridized carbons (Fsp3) is 0.273. The first-order valence-corrected chi connectivity index (χ1v) is 4.61. The van der Waals surface area contributed by atoms with E-state index < -0.39 is 6.04 Å². The van der Waals surface area contributed by atoms with E-state index >= 15 is 0 Å². The molecule has 15 heavy (non-hydrogen) atoms. The summed E-state index contributed by atoms with van der Waals surface area (Å²) in [5, 5.41) is 4.91. The first-order chi connectivity index (χ1) is 7.26. The van der Waals surface area contributed by atoms with Crippen LogP contribution in [0.15, 0.2) is 37.0 Å². The Labute approximate surface area is 89.7 Å². The van der Waals surface area contributed by atoms with Crippen molar-refractivity contribution in [1.29, 1.82) is 0 Å². The van der Waals surface area contributed by atoms with Gasteiger partial charge in [0.25, 0.3) is 0 Å². The summed E-state index contributed by atoms with van der Waals surface area (Å²) in [7, 11) is 1.53. The fourth-order valence-corrected chi connectivity index (χ4v) is 0.943. The van der Waals surface area contributed by atoms with Crippen molar-refractivity contribution in [2.75, 3.05) is 7.05 Å². The molecule has 0 spiro atoms. The fourth-order valence-electron chi connectivity index (χ4n) is 0.943. The molecular formula is C11H16N2O2. The molecule has 0 heterocycles. The van der Waals surface area contributed by atoms with Gasteiger partial charge in [0.15, 0.2) is 0 Å². The molecule has 0 aromatic carbocycles. The van der Waals surface area contributed by atoms with Crippen molar-refractivity contribution >= 4 is 12.3 Å². The zero-order chi connectivity index (χ0) is 11.5. The van der Waals surface area contributed by atoms with Crippen LogP contribution >= 0.6 is 0 Å². The Balaban J connectivity index is 4.11. The lowest BCUT2D eigenvalue weighted by Gasteiger charge is -2.11. The van der Waals surface area contributed by atoms with Gasteiger partial charge in [0.05, 0.1) is 0 Å². The summed E-state index contributed by atoms with van der Waals surface area (Å²) in [6, 6.07) is -0.513. The van der Waals surface area contributed by atoms with Gasteiger partial charge >= 0.3 is 0 Å². The van der Waals surface area contributed by atoms with Crippen LogP contribution in [0.25, 0.3) is 0 Å². The molecule has 0 saturated carbocycles. The Morgan fingerprint density at radius 1 is 1.40 bits per heavy atom. The van der Waals surface area contributed by atoms with E-state index in [2.05, 4.69) is 17.2 Å². The van der Waals surface area contributed by atoms with Crippen molar-refractivity contribution in [1.82, 2.24) is 10.6 Å². The van der Waals surface area contributed by atoms with E-state index in [4.69, 9.17) is 0 Å². The third kappa shape index (κ3) is 6.26. The van der Waals surface area contributed by atoms with Gasteiger partial charge in [0.1, 0.15) is 6.04 Å². The number of amides is 2. The van der Waals surface area contributed by atoms with Crippen molar-refractivity contribution in [3.8, 4) is 0 Å². The van der Waals surface area contributed by atoms with Crippen LogP contribution in [0.4, 0.5) is 0 Å². The van der Waals surface area contributed by atoms with Gasteiger partial charge in [-0.2, -0.15) is 0 Å². The first-order valence-electron chi connectivity index (χ1n) is 4.61. The second-order valence-corrected chi connectivity index (χ2v) is 2.74. The largest absolute Gasteiger partial charge is 0.357 e. The third-order valence-corrected chi connectivity index (χ3v) is 1.70. The summed E-state index contributed by atoms with van der Waals surface area (Å²) < 4.78 is 0. The molecular weight excluding hydrogens is 192 g/mol. The summed E-state index contributed by atoms with van der Waals surface area (Å²) in [6.45, 7) is 3.52. The number of hydrogen-bond donors (Lipinski definition) is 2. The average molecular weight is 208 g/mol. The van der Waals surface area contributed by atoms with Crippen LogP contribution in [-0.2, 0) is 9.59 Å². The molecule has 0 aliphatic heterocycles. The molecule has 1 atom stereocenters. The zero-order valence-electron chi connectivity index (χ0n) is 8.77. The van der Waals surface area contributed by atoms with E-state index in [1.54, 1.807) is 30.4 Å². The highest BCUT2D eigenvalue weighted by molar-refractivity contribution is 5.83. The number of rotatable bonds is 7. The molecule has 1 unspecified atom stereocenters. The summed E-state index contributed by atoms with van der Waals surface area (Å²) in [5.41, 5.74) is 0. The molecule has 2 amide bonds. The van der Waals surface area contributed by atoms with Gasteiger partial charge in [0.2, 0.25) is 12.3 Å². The second-order valence-electron chi connectivity index (χ2n) is 2.74. The molecule has 0 bridgehead atoms. The number of hydrogen-bond acceptors (Lipinski definition) is 2. The minimum Gasteiger partial charge on any atom is -0.357 e. The lowest BCUT2D eigenvalue weighted by Crippen LogP contribution is -2.41. The summed E-state index contributed by atoms with van der Waals surface area (Å²) in [5.74, 6) is -0.209. The van der Waals surface area contributed by atoms with Gasteiger partial charge in [-0.05, 0) is 6.42 Å². The predicted molar refractivity (Wildman–Crippen MR) is 60.1 cm³/mol. The van der Waals surface area contributed by atoms with E-state index in [0.717, 1.165) is 0 Å². The molecule has 0 saturated heterocycles. The number of allylic oxidation sites excluding steroid dienone is 4. The number of likely N-dealkylation sites (N-methyl/N-ethyl adjacent to an activating group) is 1. The Hall–Kier alpha value is -1.84. The Morgan fingerprint density at radius 3 is 2.67 bits per heavy atom. The van der Waals surface area contributed by atoms with Gasteiger partial charge in [-0.15, -0.1) is 0 Å². The van der Waals surface area contributed by atoms with Crippen molar-refractivity contribution in [2.24, 2.45) is 0 Å². The lowest BCUT2D eigenvalue weighted by atomic mass is 10.2.